The van der Waals surface area contributed by atoms with E-state index in [-0.39, 0.29) is 24.1 Å². The number of nitrogens with zero attached hydrogens (tertiary/aromatic N) is 3. The summed E-state index contributed by atoms with van der Waals surface area (Å²) in [5.41, 5.74) is 9.98. The van der Waals surface area contributed by atoms with Crippen molar-refractivity contribution in [1.82, 2.24) is 20.2 Å². The van der Waals surface area contributed by atoms with Gasteiger partial charge < -0.3 is 20.8 Å². The number of hydrogen-bond acceptors (Lipinski definition) is 8. The second kappa shape index (κ2) is 16.0. The van der Waals surface area contributed by atoms with E-state index in [2.05, 4.69) is 30.8 Å². The third kappa shape index (κ3) is 8.48. The maximum Gasteiger partial charge on any atom is 0.323 e. The third-order valence-electron chi connectivity index (χ3n) is 10.9. The molecule has 11 heteroatoms. The number of carbonyl (C=O) groups excluding carboxylic acids is 2. The first-order valence-electron chi connectivity index (χ1n) is 18.8. The van der Waals surface area contributed by atoms with Crippen LogP contribution in [0.2, 0.25) is 0 Å². The molecule has 11 nitrogen and oxygen atoms in total. The molecule has 3 fully saturated rings. The number of carbonyl (C=O) groups is 3. The molecule has 2 aromatic heterocycles. The Morgan fingerprint density at radius 3 is 1.77 bits per heavy atom. The van der Waals surface area contributed by atoms with E-state index in [0.717, 1.165) is 78.7 Å². The Hall–Kier alpha value is -4.97. The predicted molar refractivity (Wildman–Crippen MR) is 204 cm³/mol. The van der Waals surface area contributed by atoms with Crippen molar-refractivity contribution < 1.29 is 24.6 Å². The fraction of sp³-hybridized carbons (Fsp3) is 0.405. The van der Waals surface area contributed by atoms with E-state index in [1.54, 1.807) is 12.3 Å². The number of aliphatic hydroxyl groups is 1. The lowest BCUT2D eigenvalue weighted by molar-refractivity contribution is -0.140. The van der Waals surface area contributed by atoms with Crippen LogP contribution in [0.25, 0.3) is 11.1 Å². The van der Waals surface area contributed by atoms with E-state index in [1.807, 2.05) is 62.5 Å². The molecule has 3 heterocycles. The molecule has 1 atom stereocenters. The average molecular weight is 717 g/mol. The summed E-state index contributed by atoms with van der Waals surface area (Å²) >= 11 is 0. The highest BCUT2D eigenvalue weighted by atomic mass is 16.4. The minimum absolute atomic E-state index is 0.224. The van der Waals surface area contributed by atoms with Crippen LogP contribution in [-0.4, -0.2) is 68.6 Å². The largest absolute Gasteiger partial charge is 0.480 e. The number of benzene rings is 2. The van der Waals surface area contributed by atoms with E-state index in [9.17, 15) is 24.6 Å². The molecule has 5 N–H and O–H groups in total. The number of likely N-dealkylation sites (tertiary alicyclic amines) is 1. The Kier molecular flexibility index (Phi) is 11.0. The molecule has 3 aliphatic rings. The molecule has 2 aromatic carbocycles. The van der Waals surface area contributed by atoms with Crippen molar-refractivity contribution in [2.45, 2.75) is 89.8 Å². The third-order valence-corrected chi connectivity index (χ3v) is 10.9. The smallest absolute Gasteiger partial charge is 0.323 e. The summed E-state index contributed by atoms with van der Waals surface area (Å²) in [6, 6.07) is 14.3. The number of carboxylic acid groups (broad SMARTS) is 1. The van der Waals surface area contributed by atoms with Gasteiger partial charge in [-0.3, -0.25) is 34.6 Å². The standard InChI is InChI=1S/C42H48N6O5/c1-25-31(8-6-10-35(25)46-40(50)37-18-33(27-12-13-27)29(20-43-37)21-45-39(24-49)42(52)53)32-9-7-11-36(26(32)2)47-41(51)38-19-34(28-14-15-28)30(22-44-38)23-48-16-4-3-5-17-48/h6-11,18-20,22,27-28,39,45,49H,3-5,12-17,21,23-24H2,1-2H3,(H,46,50)(H,47,51)(H,52,53)/t39-/m0/s1. The van der Waals surface area contributed by atoms with Crippen molar-refractivity contribution in [3.8, 4) is 11.1 Å². The normalized spacial score (nSPS) is 16.6. The number of aliphatic hydroxyl groups excluding tert-OH is 1. The van der Waals surface area contributed by atoms with E-state index in [1.165, 1.54) is 30.4 Å². The van der Waals surface area contributed by atoms with Gasteiger partial charge in [-0.15, -0.1) is 0 Å². The summed E-state index contributed by atoms with van der Waals surface area (Å²) in [5, 5.41) is 27.7. The second-order valence-electron chi connectivity index (χ2n) is 14.7. The molecule has 276 valence electrons. The van der Waals surface area contributed by atoms with Gasteiger partial charge in [0.2, 0.25) is 0 Å². The van der Waals surface area contributed by atoms with Gasteiger partial charge in [-0.1, -0.05) is 30.7 Å². The minimum atomic E-state index is -1.13. The molecule has 0 bridgehead atoms. The zero-order valence-corrected chi connectivity index (χ0v) is 30.5. The first-order chi connectivity index (χ1) is 25.7. The number of nitrogens with one attached hydrogen (secondary N) is 3. The molecule has 1 saturated heterocycles. The van der Waals surface area contributed by atoms with Gasteiger partial charge in [0.25, 0.3) is 11.8 Å². The molecule has 0 unspecified atom stereocenters. The number of rotatable bonds is 14. The van der Waals surface area contributed by atoms with Gasteiger partial charge in [-0.2, -0.15) is 0 Å². The summed E-state index contributed by atoms with van der Waals surface area (Å²) in [6.45, 7) is 6.78. The van der Waals surface area contributed by atoms with E-state index >= 15 is 0 Å². The summed E-state index contributed by atoms with van der Waals surface area (Å²) in [4.78, 5) is 50.1. The zero-order valence-electron chi connectivity index (χ0n) is 30.5. The van der Waals surface area contributed by atoms with Crippen molar-refractivity contribution in [3.63, 3.8) is 0 Å². The highest BCUT2D eigenvalue weighted by molar-refractivity contribution is 6.05. The Morgan fingerprint density at radius 1 is 0.774 bits per heavy atom. The first kappa shape index (κ1) is 36.4. The fourth-order valence-electron chi connectivity index (χ4n) is 7.40. The number of pyridine rings is 2. The number of anilines is 2. The van der Waals surface area contributed by atoms with E-state index < -0.39 is 18.6 Å². The number of piperidine rings is 1. The molecule has 2 amide bonds. The summed E-state index contributed by atoms with van der Waals surface area (Å²) in [7, 11) is 0. The lowest BCUT2D eigenvalue weighted by Gasteiger charge is -2.27. The van der Waals surface area contributed by atoms with Gasteiger partial charge in [-0.05, 0) is 146 Å². The molecule has 4 aromatic rings. The Balaban J connectivity index is 1.06. The van der Waals surface area contributed by atoms with Gasteiger partial charge in [0, 0.05) is 36.9 Å². The summed E-state index contributed by atoms with van der Waals surface area (Å²) in [5.74, 6) is -0.905. The molecule has 2 aliphatic carbocycles. The lowest BCUT2D eigenvalue weighted by Crippen LogP contribution is -2.39. The van der Waals surface area contributed by atoms with E-state index in [4.69, 9.17) is 0 Å². The number of carboxylic acids is 1. The maximum atomic E-state index is 13.6. The Labute approximate surface area is 310 Å². The second-order valence-corrected chi connectivity index (χ2v) is 14.7. The average Bonchev–Trinajstić information content (AvgIpc) is 4.09. The van der Waals surface area contributed by atoms with Crippen LogP contribution in [0.15, 0.2) is 60.9 Å². The van der Waals surface area contributed by atoms with Gasteiger partial charge in [0.05, 0.1) is 6.61 Å². The predicted octanol–water partition coefficient (Wildman–Crippen LogP) is 6.54. The number of hydrogen-bond donors (Lipinski definition) is 5. The topological polar surface area (TPSA) is 157 Å². The molecule has 53 heavy (non-hydrogen) atoms. The summed E-state index contributed by atoms with van der Waals surface area (Å²) in [6.07, 6.45) is 11.6. The van der Waals surface area contributed by atoms with Gasteiger partial charge in [0.15, 0.2) is 0 Å². The van der Waals surface area contributed by atoms with Gasteiger partial charge in [-0.25, -0.2) is 0 Å². The highest BCUT2D eigenvalue weighted by Gasteiger charge is 2.30. The Bertz CT molecular complexity index is 2020. The van der Waals surface area contributed by atoms with Crippen LogP contribution >= 0.6 is 0 Å². The molecular formula is C42H48N6O5. The summed E-state index contributed by atoms with van der Waals surface area (Å²) < 4.78 is 0. The van der Waals surface area contributed by atoms with Gasteiger partial charge in [0.1, 0.15) is 17.4 Å². The molecular weight excluding hydrogens is 668 g/mol. The van der Waals surface area contributed by atoms with Crippen LogP contribution in [0.3, 0.4) is 0 Å². The van der Waals surface area contributed by atoms with Crippen LogP contribution < -0.4 is 16.0 Å². The quantitative estimate of drug-likeness (QED) is 0.0978. The zero-order chi connectivity index (χ0) is 37.1. The maximum absolute atomic E-state index is 13.6. The lowest BCUT2D eigenvalue weighted by atomic mass is 9.94. The molecule has 0 spiro atoms. The number of aliphatic carboxylic acids is 1. The molecule has 2 saturated carbocycles. The van der Waals surface area contributed by atoms with E-state index in [0.29, 0.717) is 28.9 Å². The van der Waals surface area contributed by atoms with Crippen LogP contribution in [0.1, 0.15) is 111 Å². The Morgan fingerprint density at radius 2 is 1.28 bits per heavy atom. The first-order valence-corrected chi connectivity index (χ1v) is 18.8. The van der Waals surface area contributed by atoms with Crippen molar-refractivity contribution in [2.24, 2.45) is 0 Å². The van der Waals surface area contributed by atoms with Crippen molar-refractivity contribution >= 4 is 29.2 Å². The molecule has 0 radical (unpaired) electrons. The van der Waals surface area contributed by atoms with Crippen molar-refractivity contribution in [1.29, 1.82) is 0 Å². The fourth-order valence-corrected chi connectivity index (χ4v) is 7.40. The van der Waals surface area contributed by atoms with Crippen LogP contribution in [0.4, 0.5) is 11.4 Å². The monoisotopic (exact) mass is 716 g/mol. The van der Waals surface area contributed by atoms with Crippen molar-refractivity contribution in [3.05, 3.63) is 106 Å². The SMILES string of the molecule is Cc1c(NC(=O)c2cc(C3CC3)c(CN[C@@H](CO)C(=O)O)cn2)cccc1-c1cccc(NC(=O)c2cc(C3CC3)c(CN3CCCCC3)cn2)c1C. The van der Waals surface area contributed by atoms with Crippen LogP contribution in [0, 0.1) is 13.8 Å². The van der Waals surface area contributed by atoms with Crippen LogP contribution in [0.5, 0.6) is 0 Å². The van der Waals surface area contributed by atoms with Gasteiger partial charge >= 0.3 is 5.97 Å². The molecule has 7 rings (SSSR count). The van der Waals surface area contributed by atoms with Crippen LogP contribution in [-0.2, 0) is 17.9 Å². The minimum Gasteiger partial charge on any atom is -0.480 e. The highest BCUT2D eigenvalue weighted by Crippen LogP contribution is 2.43. The number of amides is 2. The number of aromatic nitrogens is 2. The van der Waals surface area contributed by atoms with Crippen molar-refractivity contribution in [2.75, 3.05) is 30.3 Å². The molecule has 1 aliphatic heterocycles.